The molecule has 0 aromatic heterocycles. The van der Waals surface area contributed by atoms with Crippen molar-refractivity contribution in [1.82, 2.24) is 4.90 Å². The summed E-state index contributed by atoms with van der Waals surface area (Å²) in [4.78, 5) is 24.4. The van der Waals surface area contributed by atoms with Crippen molar-refractivity contribution in [2.45, 2.75) is 19.6 Å². The Morgan fingerprint density at radius 2 is 2.00 bits per heavy atom. The second-order valence-corrected chi connectivity index (χ2v) is 5.88. The van der Waals surface area contributed by atoms with Crippen LogP contribution in [0, 0.1) is 11.3 Å². The summed E-state index contributed by atoms with van der Waals surface area (Å²) in [6.45, 7) is 0.685. The highest BCUT2D eigenvalue weighted by molar-refractivity contribution is 5.87. The van der Waals surface area contributed by atoms with E-state index >= 15 is 0 Å². The molecule has 2 aromatic rings. The van der Waals surface area contributed by atoms with Crippen molar-refractivity contribution >= 4 is 17.9 Å². The summed E-state index contributed by atoms with van der Waals surface area (Å²) in [5.74, 6) is 0. The predicted octanol–water partition coefficient (Wildman–Crippen LogP) is 3.34. The Hall–Kier alpha value is -3.53. The van der Waals surface area contributed by atoms with Gasteiger partial charge in [-0.1, -0.05) is 36.4 Å². The zero-order valence-electron chi connectivity index (χ0n) is 13.9. The monoisotopic (exact) mass is 351 g/mol. The van der Waals surface area contributed by atoms with Crippen LogP contribution in [0.4, 0.5) is 15.3 Å². The van der Waals surface area contributed by atoms with Crippen molar-refractivity contribution in [3.05, 3.63) is 64.7 Å². The van der Waals surface area contributed by atoms with Gasteiger partial charge in [-0.3, -0.25) is 5.32 Å². The minimum Gasteiger partial charge on any atom is -0.465 e. The molecule has 132 valence electrons. The third-order valence-electron chi connectivity index (χ3n) is 4.23. The van der Waals surface area contributed by atoms with Gasteiger partial charge in [-0.25, -0.2) is 9.59 Å². The fraction of sp³-hybridized carbons (Fsp3) is 0.211. The van der Waals surface area contributed by atoms with E-state index in [9.17, 15) is 14.9 Å². The fourth-order valence-electron chi connectivity index (χ4n) is 2.92. The Balaban J connectivity index is 1.72. The lowest BCUT2D eigenvalue weighted by molar-refractivity contribution is 0.140. The van der Waals surface area contributed by atoms with Gasteiger partial charge in [0.2, 0.25) is 0 Å². The average Bonchev–Trinajstić information content (AvgIpc) is 2.66. The van der Waals surface area contributed by atoms with Crippen LogP contribution in [0.3, 0.4) is 0 Å². The lowest BCUT2D eigenvalue weighted by Gasteiger charge is -2.27. The molecule has 0 aliphatic carbocycles. The largest absolute Gasteiger partial charge is 0.465 e. The zero-order valence-corrected chi connectivity index (χ0v) is 13.9. The van der Waals surface area contributed by atoms with E-state index in [1.54, 1.807) is 12.1 Å². The Labute approximate surface area is 150 Å². The van der Waals surface area contributed by atoms with Gasteiger partial charge < -0.3 is 14.7 Å². The standard InChI is InChI=1S/C19H17N3O4/c20-10-16-15-8-9-22(19(24)25)11-14(15)6-7-17(16)21-18(23)26-12-13-4-2-1-3-5-13/h1-7H,8-9,11-12H2,(H,21,23)(H,24,25). The predicted molar refractivity (Wildman–Crippen MR) is 93.5 cm³/mol. The third kappa shape index (κ3) is 3.75. The number of nitrogens with one attached hydrogen (secondary N) is 1. The van der Waals surface area contributed by atoms with Gasteiger partial charge in [-0.05, 0) is 29.2 Å². The highest BCUT2D eigenvalue weighted by atomic mass is 16.5. The summed E-state index contributed by atoms with van der Waals surface area (Å²) in [5.41, 5.74) is 3.13. The van der Waals surface area contributed by atoms with E-state index in [1.807, 2.05) is 30.3 Å². The normalized spacial score (nSPS) is 12.7. The summed E-state index contributed by atoms with van der Waals surface area (Å²) in [6.07, 6.45) is -1.20. The van der Waals surface area contributed by atoms with E-state index in [0.29, 0.717) is 24.2 Å². The Kier molecular flexibility index (Phi) is 5.04. The molecule has 0 bridgehead atoms. The summed E-state index contributed by atoms with van der Waals surface area (Å²) < 4.78 is 5.18. The number of carbonyl (C=O) groups excluding carboxylic acids is 1. The number of benzene rings is 2. The molecule has 3 rings (SSSR count). The van der Waals surface area contributed by atoms with E-state index in [4.69, 9.17) is 9.84 Å². The molecule has 2 aromatic carbocycles. The molecule has 0 atom stereocenters. The number of carbonyl (C=O) groups is 2. The highest BCUT2D eigenvalue weighted by Crippen LogP contribution is 2.28. The second kappa shape index (κ2) is 7.57. The number of ether oxygens (including phenoxy) is 1. The number of fused-ring (bicyclic) bond motifs is 1. The molecule has 0 unspecified atom stereocenters. The smallest absolute Gasteiger partial charge is 0.411 e. The number of hydrogen-bond acceptors (Lipinski definition) is 4. The molecule has 2 N–H and O–H groups in total. The number of carboxylic acid groups (broad SMARTS) is 1. The summed E-state index contributed by atoms with van der Waals surface area (Å²) in [6, 6.07) is 14.7. The quantitative estimate of drug-likeness (QED) is 0.883. The molecule has 0 saturated carbocycles. The number of nitrogens with zero attached hydrogens (tertiary/aromatic N) is 2. The van der Waals surface area contributed by atoms with Crippen molar-refractivity contribution in [2.24, 2.45) is 0 Å². The van der Waals surface area contributed by atoms with Crippen LogP contribution in [-0.2, 0) is 24.3 Å². The summed E-state index contributed by atoms with van der Waals surface area (Å²) >= 11 is 0. The van der Waals surface area contributed by atoms with Crippen LogP contribution in [0.1, 0.15) is 22.3 Å². The fourth-order valence-corrected chi connectivity index (χ4v) is 2.92. The maximum absolute atomic E-state index is 12.0. The molecule has 0 radical (unpaired) electrons. The molecular formula is C19H17N3O4. The van der Waals surface area contributed by atoms with Gasteiger partial charge in [0.25, 0.3) is 0 Å². The molecule has 26 heavy (non-hydrogen) atoms. The van der Waals surface area contributed by atoms with Gasteiger partial charge in [-0.15, -0.1) is 0 Å². The highest BCUT2D eigenvalue weighted by Gasteiger charge is 2.24. The molecule has 7 nitrogen and oxygen atoms in total. The lowest BCUT2D eigenvalue weighted by Crippen LogP contribution is -2.35. The average molecular weight is 351 g/mol. The van der Waals surface area contributed by atoms with Crippen molar-refractivity contribution in [1.29, 1.82) is 5.26 Å². The van der Waals surface area contributed by atoms with Gasteiger partial charge in [0.15, 0.2) is 0 Å². The van der Waals surface area contributed by atoms with Crippen molar-refractivity contribution in [3.63, 3.8) is 0 Å². The van der Waals surface area contributed by atoms with Crippen LogP contribution in [0.25, 0.3) is 0 Å². The zero-order chi connectivity index (χ0) is 18.5. The van der Waals surface area contributed by atoms with Gasteiger partial charge >= 0.3 is 12.2 Å². The SMILES string of the molecule is N#Cc1c(NC(=O)OCc2ccccc2)ccc2c1CCN(C(=O)O)C2. The molecule has 0 fully saturated rings. The van der Waals surface area contributed by atoms with Crippen LogP contribution in [-0.4, -0.2) is 28.7 Å². The summed E-state index contributed by atoms with van der Waals surface area (Å²) in [7, 11) is 0. The van der Waals surface area contributed by atoms with Gasteiger partial charge in [0.05, 0.1) is 11.3 Å². The minimum atomic E-state index is -0.985. The van der Waals surface area contributed by atoms with Crippen molar-refractivity contribution in [2.75, 3.05) is 11.9 Å². The number of anilines is 1. The van der Waals surface area contributed by atoms with Crippen LogP contribution < -0.4 is 5.32 Å². The molecule has 2 amide bonds. The first-order valence-electron chi connectivity index (χ1n) is 8.09. The van der Waals surface area contributed by atoms with E-state index in [2.05, 4.69) is 11.4 Å². The Bertz CT molecular complexity index is 874. The lowest BCUT2D eigenvalue weighted by atomic mass is 9.94. The van der Waals surface area contributed by atoms with Crippen LogP contribution in [0.15, 0.2) is 42.5 Å². The molecule has 1 aliphatic heterocycles. The molecular weight excluding hydrogens is 334 g/mol. The van der Waals surface area contributed by atoms with Crippen LogP contribution >= 0.6 is 0 Å². The first-order valence-corrected chi connectivity index (χ1v) is 8.09. The first-order chi connectivity index (χ1) is 12.6. The van der Waals surface area contributed by atoms with Crippen LogP contribution in [0.5, 0.6) is 0 Å². The van der Waals surface area contributed by atoms with Crippen LogP contribution in [0.2, 0.25) is 0 Å². The number of amides is 2. The molecule has 0 spiro atoms. The van der Waals surface area contributed by atoms with Gasteiger partial charge in [-0.2, -0.15) is 5.26 Å². The van der Waals surface area contributed by atoms with Crippen molar-refractivity contribution in [3.8, 4) is 6.07 Å². The third-order valence-corrected chi connectivity index (χ3v) is 4.23. The second-order valence-electron chi connectivity index (χ2n) is 5.88. The maximum atomic E-state index is 12.0. The van der Waals surface area contributed by atoms with E-state index in [0.717, 1.165) is 16.7 Å². The first kappa shape index (κ1) is 17.3. The molecule has 0 saturated heterocycles. The number of nitriles is 1. The minimum absolute atomic E-state index is 0.132. The van der Waals surface area contributed by atoms with E-state index in [-0.39, 0.29) is 13.2 Å². The Morgan fingerprint density at radius 1 is 1.23 bits per heavy atom. The van der Waals surface area contributed by atoms with E-state index < -0.39 is 12.2 Å². The van der Waals surface area contributed by atoms with Gasteiger partial charge in [0, 0.05) is 13.1 Å². The maximum Gasteiger partial charge on any atom is 0.411 e. The van der Waals surface area contributed by atoms with Gasteiger partial charge in [0.1, 0.15) is 12.7 Å². The number of rotatable bonds is 3. The molecule has 1 heterocycles. The van der Waals surface area contributed by atoms with Crippen molar-refractivity contribution < 1.29 is 19.4 Å². The molecule has 1 aliphatic rings. The number of hydrogen-bond donors (Lipinski definition) is 2. The summed E-state index contributed by atoms with van der Waals surface area (Å²) in [5, 5.41) is 21.2. The molecule has 7 heteroatoms. The van der Waals surface area contributed by atoms with E-state index in [1.165, 1.54) is 4.90 Å². The topological polar surface area (TPSA) is 103 Å². The Morgan fingerprint density at radius 3 is 2.69 bits per heavy atom.